The highest BCUT2D eigenvalue weighted by Crippen LogP contribution is 2.45. The van der Waals surface area contributed by atoms with Crippen LogP contribution >= 0.6 is 0 Å². The van der Waals surface area contributed by atoms with Gasteiger partial charge in [-0.05, 0) is 121 Å². The van der Waals surface area contributed by atoms with Crippen molar-refractivity contribution < 1.29 is 0 Å². The van der Waals surface area contributed by atoms with Gasteiger partial charge in [0.25, 0.3) is 0 Å². The Morgan fingerprint density at radius 2 is 0.984 bits per heavy atom. The van der Waals surface area contributed by atoms with E-state index in [2.05, 4.69) is 213 Å². The molecule has 0 saturated heterocycles. The molecule has 0 spiro atoms. The zero-order valence-electron chi connectivity index (χ0n) is 40.8. The van der Waals surface area contributed by atoms with E-state index in [9.17, 15) is 0 Å². The zero-order chi connectivity index (χ0) is 46.6. The maximum absolute atomic E-state index is 4.02. The smallest absolute Gasteiger partial charge is 0.00201 e. The van der Waals surface area contributed by atoms with Crippen LogP contribution in [0.25, 0.3) is 71.8 Å². The fourth-order valence-corrected chi connectivity index (χ4v) is 7.00. The third-order valence-corrected chi connectivity index (χ3v) is 9.93. The standard InChI is InChI=1S/C49H42.C3H8.4C2H6.C2H2/c1-6-33(3)23-25-41(31-35(5)40-26-24-34(4)36(7-2)32-40)37-27-29-39(30-28-37)48-44-18-10-12-20-46(44)49(47-21-13-11-19-45(47)48)43-22-14-16-38-15-8-9-17-42(38)43;1-3-2;5*1-2/h7-32H,2,6H2,1,3-5H3;3H2,1-2H3;4*1-2H3;1-2H/b33-23?,35-31+,41-25+;;;;;;. The number of fused-ring (bicyclic) bond motifs is 3. The molecule has 0 aromatic heterocycles. The van der Waals surface area contributed by atoms with Gasteiger partial charge < -0.3 is 0 Å². The summed E-state index contributed by atoms with van der Waals surface area (Å²) >= 11 is 0. The van der Waals surface area contributed by atoms with Gasteiger partial charge in [-0.25, -0.2) is 0 Å². The molecule has 0 fully saturated rings. The molecule has 0 saturated carbocycles. The fraction of sp³-hybridized carbons (Fsp3) is 0.258. The number of hydrogen-bond acceptors (Lipinski definition) is 0. The lowest BCUT2D eigenvalue weighted by Crippen LogP contribution is -1.92. The van der Waals surface area contributed by atoms with Crippen LogP contribution in [0.1, 0.15) is 125 Å². The summed E-state index contributed by atoms with van der Waals surface area (Å²) in [4.78, 5) is 0. The first-order chi connectivity index (χ1) is 30.4. The molecule has 7 aromatic carbocycles. The van der Waals surface area contributed by atoms with Crippen LogP contribution in [0, 0.1) is 19.8 Å². The normalized spacial score (nSPS) is 10.7. The van der Waals surface area contributed by atoms with E-state index < -0.39 is 0 Å². The van der Waals surface area contributed by atoms with Crippen molar-refractivity contribution in [3.63, 3.8) is 0 Å². The fourth-order valence-electron chi connectivity index (χ4n) is 7.00. The van der Waals surface area contributed by atoms with E-state index in [1.807, 2.05) is 61.5 Å². The largest absolute Gasteiger partial charge is 0.124 e. The van der Waals surface area contributed by atoms with Crippen LogP contribution in [-0.2, 0) is 0 Å². The first-order valence-electron chi connectivity index (χ1n) is 23.0. The van der Waals surface area contributed by atoms with Crippen LogP contribution in [0.15, 0.2) is 164 Å². The predicted molar refractivity (Wildman–Crippen MR) is 288 cm³/mol. The van der Waals surface area contributed by atoms with Gasteiger partial charge in [-0.3, -0.25) is 0 Å². The molecular formula is C62H76. The average Bonchev–Trinajstić information content (AvgIpc) is 3.35. The number of benzene rings is 7. The summed E-state index contributed by atoms with van der Waals surface area (Å²) in [5.74, 6) is 0. The number of hydrogen-bond donors (Lipinski definition) is 0. The van der Waals surface area contributed by atoms with E-state index in [0.717, 1.165) is 6.42 Å². The van der Waals surface area contributed by atoms with E-state index in [4.69, 9.17) is 0 Å². The van der Waals surface area contributed by atoms with Crippen molar-refractivity contribution in [1.82, 2.24) is 0 Å². The molecule has 0 nitrogen and oxygen atoms in total. The van der Waals surface area contributed by atoms with Crippen LogP contribution in [0.5, 0.6) is 0 Å². The van der Waals surface area contributed by atoms with E-state index in [1.165, 1.54) is 100.0 Å². The Labute approximate surface area is 378 Å². The minimum Gasteiger partial charge on any atom is -0.124 e. The van der Waals surface area contributed by atoms with E-state index >= 15 is 0 Å². The Morgan fingerprint density at radius 3 is 1.48 bits per heavy atom. The van der Waals surface area contributed by atoms with E-state index in [1.54, 1.807) is 0 Å². The first kappa shape index (κ1) is 53.9. The van der Waals surface area contributed by atoms with Gasteiger partial charge in [0.05, 0.1) is 0 Å². The quantitative estimate of drug-likeness (QED) is 0.0814. The molecule has 0 unspecified atom stereocenters. The molecule has 0 aliphatic rings. The average molecular weight is 821 g/mol. The number of aryl methyl sites for hydroxylation is 1. The highest BCUT2D eigenvalue weighted by Gasteiger charge is 2.18. The van der Waals surface area contributed by atoms with Crippen molar-refractivity contribution in [2.75, 3.05) is 0 Å². The van der Waals surface area contributed by atoms with Crippen LogP contribution in [0.4, 0.5) is 0 Å². The Bertz CT molecular complexity index is 2450. The van der Waals surface area contributed by atoms with Crippen molar-refractivity contribution in [3.8, 4) is 35.1 Å². The molecule has 7 aromatic rings. The minimum atomic E-state index is 1.03. The van der Waals surface area contributed by atoms with Crippen LogP contribution in [-0.4, -0.2) is 0 Å². The molecule has 0 amide bonds. The van der Waals surface area contributed by atoms with Crippen LogP contribution in [0.3, 0.4) is 0 Å². The maximum atomic E-state index is 4.02. The van der Waals surface area contributed by atoms with Crippen LogP contribution < -0.4 is 0 Å². The van der Waals surface area contributed by atoms with Crippen molar-refractivity contribution in [1.29, 1.82) is 0 Å². The molecule has 0 heteroatoms. The van der Waals surface area contributed by atoms with Crippen molar-refractivity contribution in [2.24, 2.45) is 0 Å². The molecular weight excluding hydrogens is 745 g/mol. The Morgan fingerprint density at radius 1 is 0.532 bits per heavy atom. The van der Waals surface area contributed by atoms with Gasteiger partial charge in [-0.1, -0.05) is 246 Å². The van der Waals surface area contributed by atoms with Gasteiger partial charge in [0.1, 0.15) is 0 Å². The van der Waals surface area contributed by atoms with E-state index in [-0.39, 0.29) is 0 Å². The number of allylic oxidation sites excluding steroid dienone is 6. The van der Waals surface area contributed by atoms with Crippen molar-refractivity contribution in [2.45, 2.75) is 110 Å². The molecule has 0 atom stereocenters. The summed E-state index contributed by atoms with van der Waals surface area (Å²) in [6.07, 6.45) is 19.1. The molecule has 0 aliphatic heterocycles. The Kier molecular flexibility index (Phi) is 26.0. The zero-order valence-corrected chi connectivity index (χ0v) is 40.8. The topological polar surface area (TPSA) is 0 Å². The monoisotopic (exact) mass is 821 g/mol. The van der Waals surface area contributed by atoms with Gasteiger partial charge in [0.15, 0.2) is 0 Å². The van der Waals surface area contributed by atoms with Crippen LogP contribution in [0.2, 0.25) is 0 Å². The predicted octanol–water partition coefficient (Wildman–Crippen LogP) is 20.0. The van der Waals surface area contributed by atoms with E-state index in [0.29, 0.717) is 0 Å². The summed E-state index contributed by atoms with van der Waals surface area (Å²) in [7, 11) is 0. The van der Waals surface area contributed by atoms with Crippen molar-refractivity contribution in [3.05, 3.63) is 186 Å². The molecule has 7 rings (SSSR count). The first-order valence-corrected chi connectivity index (χ1v) is 23.0. The highest BCUT2D eigenvalue weighted by molar-refractivity contribution is 6.23. The molecule has 62 heavy (non-hydrogen) atoms. The molecule has 0 radical (unpaired) electrons. The lowest BCUT2D eigenvalue weighted by atomic mass is 9.84. The molecule has 324 valence electrons. The van der Waals surface area contributed by atoms with Gasteiger partial charge in [-0.15, -0.1) is 12.8 Å². The Balaban J connectivity index is 0.00000135. The maximum Gasteiger partial charge on any atom is -0.00201 e. The molecule has 0 bridgehead atoms. The second-order valence-electron chi connectivity index (χ2n) is 13.7. The third kappa shape index (κ3) is 13.7. The second-order valence-corrected chi connectivity index (χ2v) is 13.7. The highest BCUT2D eigenvalue weighted by atomic mass is 14.2. The molecule has 0 heterocycles. The second kappa shape index (κ2) is 30.0. The SMILES string of the molecule is C#C.C=Cc1cc(/C(C)=C/C(=C\C=C(C)CC)c2ccc(-c3c4ccccc4c(-c4cccc5ccccc45)c4ccccc34)cc2)ccc1C.CC.CC.CC.CC.CCC. The van der Waals surface area contributed by atoms with Crippen molar-refractivity contribution >= 4 is 49.5 Å². The number of rotatable bonds is 8. The Hall–Kier alpha value is -6.16. The lowest BCUT2D eigenvalue weighted by Gasteiger charge is -2.19. The summed E-state index contributed by atoms with van der Waals surface area (Å²) in [5, 5.41) is 7.61. The lowest BCUT2D eigenvalue weighted by molar-refractivity contribution is 1.09. The van der Waals surface area contributed by atoms with Gasteiger partial charge in [0, 0.05) is 0 Å². The summed E-state index contributed by atoms with van der Waals surface area (Å²) in [5.41, 5.74) is 13.7. The summed E-state index contributed by atoms with van der Waals surface area (Å²) in [6, 6.07) is 49.0. The third-order valence-electron chi connectivity index (χ3n) is 9.93. The summed E-state index contributed by atoms with van der Waals surface area (Å²) in [6.45, 7) is 33.0. The summed E-state index contributed by atoms with van der Waals surface area (Å²) < 4.78 is 0. The van der Waals surface area contributed by atoms with Gasteiger partial charge in [0.2, 0.25) is 0 Å². The van der Waals surface area contributed by atoms with Gasteiger partial charge >= 0.3 is 0 Å². The molecule has 0 N–H and O–H groups in total. The van der Waals surface area contributed by atoms with Gasteiger partial charge in [-0.2, -0.15) is 0 Å². The minimum absolute atomic E-state index is 1.03. The molecule has 0 aliphatic carbocycles. The number of terminal acetylenes is 1.